The van der Waals surface area contributed by atoms with E-state index in [-0.39, 0.29) is 20.9 Å². The van der Waals surface area contributed by atoms with E-state index in [2.05, 4.69) is 5.32 Å². The molecular weight excluding hydrogens is 405 g/mol. The topological polar surface area (TPSA) is 64.3 Å². The highest BCUT2D eigenvalue weighted by atomic mass is 127. The van der Waals surface area contributed by atoms with Gasteiger partial charge in [0.25, 0.3) is 5.91 Å². The molecule has 0 unspecified atom stereocenters. The number of amides is 1. The highest BCUT2D eigenvalue weighted by Crippen LogP contribution is 2.34. The molecule has 0 saturated carbocycles. The number of anilines is 1. The van der Waals surface area contributed by atoms with E-state index in [1.54, 1.807) is 34.7 Å². The second-order valence-electron chi connectivity index (χ2n) is 4.83. The van der Waals surface area contributed by atoms with Crippen molar-refractivity contribution < 1.29 is 18.3 Å². The Bertz CT molecular complexity index is 781. The third-order valence-electron chi connectivity index (χ3n) is 3.37. The molecule has 22 heavy (non-hydrogen) atoms. The Morgan fingerprint density at radius 1 is 1.27 bits per heavy atom. The van der Waals surface area contributed by atoms with Crippen LogP contribution in [-0.2, 0) is 6.42 Å². The van der Waals surface area contributed by atoms with Crippen molar-refractivity contribution in [3.05, 3.63) is 50.6 Å². The van der Waals surface area contributed by atoms with Crippen LogP contribution >= 0.6 is 22.6 Å². The second kappa shape index (κ2) is 5.71. The van der Waals surface area contributed by atoms with Gasteiger partial charge in [-0.3, -0.25) is 4.79 Å². The summed E-state index contributed by atoms with van der Waals surface area (Å²) in [5.74, 6) is -2.32. The van der Waals surface area contributed by atoms with Gasteiger partial charge in [-0.15, -0.1) is 0 Å². The number of carbonyl (C=O) groups excluding carboxylic acids is 1. The zero-order valence-corrected chi connectivity index (χ0v) is 13.4. The Morgan fingerprint density at radius 3 is 2.82 bits per heavy atom. The normalized spacial score (nSPS) is 13.5. The van der Waals surface area contributed by atoms with Crippen molar-refractivity contribution in [1.82, 2.24) is 5.32 Å². The Balaban J connectivity index is 1.99. The Labute approximate surface area is 138 Å². The first-order valence-electron chi connectivity index (χ1n) is 6.49. The van der Waals surface area contributed by atoms with Gasteiger partial charge in [-0.2, -0.15) is 0 Å². The van der Waals surface area contributed by atoms with Gasteiger partial charge >= 0.3 is 0 Å². The minimum Gasteiger partial charge on any atom is -0.451 e. The fourth-order valence-electron chi connectivity index (χ4n) is 2.26. The number of nitrogens with one attached hydrogen (secondary N) is 1. The van der Waals surface area contributed by atoms with Crippen molar-refractivity contribution in [1.29, 1.82) is 0 Å². The molecule has 2 aromatic rings. The number of halogens is 3. The summed E-state index contributed by atoms with van der Waals surface area (Å²) in [7, 11) is 0. The van der Waals surface area contributed by atoms with Crippen LogP contribution in [0, 0.1) is 15.2 Å². The van der Waals surface area contributed by atoms with Gasteiger partial charge in [0.15, 0.2) is 17.4 Å². The van der Waals surface area contributed by atoms with Crippen LogP contribution in [0.25, 0.3) is 0 Å². The van der Waals surface area contributed by atoms with Crippen LogP contribution in [0.1, 0.15) is 15.9 Å². The maximum atomic E-state index is 14.1. The zero-order chi connectivity index (χ0) is 15.9. The van der Waals surface area contributed by atoms with Crippen molar-refractivity contribution >= 4 is 34.2 Å². The third-order valence-corrected chi connectivity index (χ3v) is 4.47. The molecule has 3 rings (SSSR count). The minimum atomic E-state index is -0.891. The van der Waals surface area contributed by atoms with Gasteiger partial charge in [-0.05, 0) is 46.7 Å². The maximum absolute atomic E-state index is 14.1. The monoisotopic (exact) mass is 416 g/mol. The van der Waals surface area contributed by atoms with E-state index in [1.165, 1.54) is 6.07 Å². The van der Waals surface area contributed by atoms with Crippen molar-refractivity contribution in [2.45, 2.75) is 6.42 Å². The highest BCUT2D eigenvalue weighted by molar-refractivity contribution is 14.1. The van der Waals surface area contributed by atoms with Crippen molar-refractivity contribution in [2.24, 2.45) is 0 Å². The van der Waals surface area contributed by atoms with Crippen LogP contribution in [0.4, 0.5) is 14.5 Å². The summed E-state index contributed by atoms with van der Waals surface area (Å²) in [6, 6.07) is 5.79. The minimum absolute atomic E-state index is 0.00719. The van der Waals surface area contributed by atoms with E-state index in [0.717, 1.165) is 11.6 Å². The van der Waals surface area contributed by atoms with Gasteiger partial charge in [0.1, 0.15) is 5.75 Å². The van der Waals surface area contributed by atoms with Crippen LogP contribution in [0.15, 0.2) is 24.3 Å². The Hall–Kier alpha value is -1.90. The summed E-state index contributed by atoms with van der Waals surface area (Å²) in [6.07, 6.45) is 0.712. The summed E-state index contributed by atoms with van der Waals surface area (Å²) in [5.41, 5.74) is 6.84. The van der Waals surface area contributed by atoms with Gasteiger partial charge in [0.2, 0.25) is 0 Å². The van der Waals surface area contributed by atoms with Crippen LogP contribution in [0.2, 0.25) is 0 Å². The lowest BCUT2D eigenvalue weighted by Crippen LogP contribution is -2.31. The number of nitrogens with two attached hydrogens (primary N) is 1. The molecule has 1 aliphatic heterocycles. The number of benzene rings is 2. The summed E-state index contributed by atoms with van der Waals surface area (Å²) in [6.45, 7) is 0.575. The fraction of sp³-hybridized carbons (Fsp3) is 0.133. The van der Waals surface area contributed by atoms with Gasteiger partial charge < -0.3 is 15.8 Å². The first-order chi connectivity index (χ1) is 10.5. The number of fused-ring (bicyclic) bond motifs is 1. The molecule has 0 aromatic heterocycles. The van der Waals surface area contributed by atoms with Crippen LogP contribution < -0.4 is 15.8 Å². The molecule has 0 aliphatic carbocycles. The standard InChI is InChI=1S/C15H11F2IN2O2/c16-10-6-11(19)13(18)12(17)14(10)22-8-2-1-7-3-4-20-15(21)9(7)5-8/h1-2,5-6H,3-4,19H2,(H,20,21). The molecule has 0 bridgehead atoms. The number of hydrogen-bond acceptors (Lipinski definition) is 3. The van der Waals surface area contributed by atoms with E-state index >= 15 is 0 Å². The number of rotatable bonds is 2. The molecule has 0 radical (unpaired) electrons. The molecule has 0 spiro atoms. The molecule has 0 saturated heterocycles. The molecule has 3 N–H and O–H groups in total. The van der Waals surface area contributed by atoms with E-state index in [9.17, 15) is 13.6 Å². The predicted molar refractivity (Wildman–Crippen MR) is 86.0 cm³/mol. The largest absolute Gasteiger partial charge is 0.451 e. The summed E-state index contributed by atoms with van der Waals surface area (Å²) in [4.78, 5) is 11.8. The summed E-state index contributed by atoms with van der Waals surface area (Å²) < 4.78 is 33.3. The smallest absolute Gasteiger partial charge is 0.251 e. The number of carbonyl (C=O) groups is 1. The van der Waals surface area contributed by atoms with E-state index < -0.39 is 17.4 Å². The number of nitrogen functional groups attached to an aromatic ring is 1. The molecule has 114 valence electrons. The zero-order valence-electron chi connectivity index (χ0n) is 11.3. The highest BCUT2D eigenvalue weighted by Gasteiger charge is 2.20. The lowest BCUT2D eigenvalue weighted by atomic mass is 10.0. The van der Waals surface area contributed by atoms with E-state index in [4.69, 9.17) is 10.5 Å². The molecule has 2 aromatic carbocycles. The van der Waals surface area contributed by atoms with Crippen molar-refractivity contribution in [3.8, 4) is 11.5 Å². The van der Waals surface area contributed by atoms with Crippen LogP contribution in [0.3, 0.4) is 0 Å². The molecule has 0 fully saturated rings. The quantitative estimate of drug-likeness (QED) is 0.449. The molecule has 1 aliphatic rings. The van der Waals surface area contributed by atoms with Crippen LogP contribution in [0.5, 0.6) is 11.5 Å². The second-order valence-corrected chi connectivity index (χ2v) is 5.91. The van der Waals surface area contributed by atoms with Gasteiger partial charge in [0.05, 0.1) is 9.26 Å². The van der Waals surface area contributed by atoms with Crippen molar-refractivity contribution in [2.75, 3.05) is 12.3 Å². The van der Waals surface area contributed by atoms with Crippen molar-refractivity contribution in [3.63, 3.8) is 0 Å². The average Bonchev–Trinajstić information content (AvgIpc) is 2.50. The molecule has 4 nitrogen and oxygen atoms in total. The molecule has 7 heteroatoms. The first kappa shape index (κ1) is 15.0. The lowest BCUT2D eigenvalue weighted by molar-refractivity contribution is 0.0945. The molecule has 1 amide bonds. The number of ether oxygens (including phenoxy) is 1. The van der Waals surface area contributed by atoms with Gasteiger partial charge in [-0.1, -0.05) is 6.07 Å². The molecule has 1 heterocycles. The first-order valence-corrected chi connectivity index (χ1v) is 7.57. The van der Waals surface area contributed by atoms with Crippen LogP contribution in [-0.4, -0.2) is 12.5 Å². The maximum Gasteiger partial charge on any atom is 0.251 e. The SMILES string of the molecule is Nc1cc(F)c(Oc2ccc3c(c2)C(=O)NCC3)c(F)c1I. The summed E-state index contributed by atoms with van der Waals surface area (Å²) in [5, 5.41) is 2.71. The van der Waals surface area contributed by atoms with E-state index in [1.807, 2.05) is 0 Å². The van der Waals surface area contributed by atoms with Gasteiger partial charge in [-0.25, -0.2) is 8.78 Å². The van der Waals surface area contributed by atoms with E-state index in [0.29, 0.717) is 18.5 Å². The average molecular weight is 416 g/mol. The Kier molecular flexibility index (Phi) is 3.90. The lowest BCUT2D eigenvalue weighted by Gasteiger charge is -2.17. The predicted octanol–water partition coefficient (Wildman–Crippen LogP) is 3.23. The third kappa shape index (κ3) is 2.60. The van der Waals surface area contributed by atoms with Gasteiger partial charge in [0, 0.05) is 18.2 Å². The molecular formula is C15H11F2IN2O2. The molecule has 0 atom stereocenters. The number of hydrogen-bond donors (Lipinski definition) is 2. The Morgan fingerprint density at radius 2 is 2.05 bits per heavy atom. The summed E-state index contributed by atoms with van der Waals surface area (Å²) >= 11 is 1.68. The fourth-order valence-corrected chi connectivity index (χ4v) is 2.66.